The Labute approximate surface area is 210 Å². The molecular weight excluding hydrogens is 448 g/mol. The standard InChI is InChI=1S/C30H36N2O2Si/c1-30(2,3)35(4,5)34-25-18-15-24(16-19-25)28-31(21-22-11-7-6-8-12-22)29(33)27-20-17-23-13-9-10-14-26(23)32(27)28/h6-16,18-19,27-28H,17,20-21H2,1-5H3. The molecule has 0 aliphatic carbocycles. The van der Waals surface area contributed by atoms with Gasteiger partial charge in [-0.3, -0.25) is 4.79 Å². The van der Waals surface area contributed by atoms with Crippen molar-refractivity contribution in [3.63, 3.8) is 0 Å². The number of carbonyl (C=O) groups is 1. The summed E-state index contributed by atoms with van der Waals surface area (Å²) in [7, 11) is -1.92. The molecule has 2 unspecified atom stereocenters. The highest BCUT2D eigenvalue weighted by Crippen LogP contribution is 2.45. The van der Waals surface area contributed by atoms with Gasteiger partial charge in [-0.25, -0.2) is 0 Å². The largest absolute Gasteiger partial charge is 0.544 e. The van der Waals surface area contributed by atoms with Crippen LogP contribution in [0.5, 0.6) is 5.75 Å². The molecule has 2 atom stereocenters. The van der Waals surface area contributed by atoms with Crippen molar-refractivity contribution in [1.82, 2.24) is 4.90 Å². The average Bonchev–Trinajstić information content (AvgIpc) is 3.11. The Kier molecular flexibility index (Phi) is 6.00. The number of hydrogen-bond donors (Lipinski definition) is 0. The minimum Gasteiger partial charge on any atom is -0.544 e. The van der Waals surface area contributed by atoms with E-state index in [2.05, 4.69) is 104 Å². The first-order chi connectivity index (χ1) is 16.7. The second-order valence-corrected chi connectivity index (χ2v) is 16.1. The van der Waals surface area contributed by atoms with Crippen LogP contribution in [0.25, 0.3) is 0 Å². The smallest absolute Gasteiger partial charge is 0.250 e. The first-order valence-corrected chi connectivity index (χ1v) is 15.6. The first kappa shape index (κ1) is 23.7. The van der Waals surface area contributed by atoms with Gasteiger partial charge >= 0.3 is 0 Å². The van der Waals surface area contributed by atoms with Gasteiger partial charge < -0.3 is 14.2 Å². The summed E-state index contributed by atoms with van der Waals surface area (Å²) in [6.45, 7) is 11.9. The Morgan fingerprint density at radius 3 is 2.26 bits per heavy atom. The first-order valence-electron chi connectivity index (χ1n) is 12.7. The van der Waals surface area contributed by atoms with Gasteiger partial charge in [0.05, 0.1) is 0 Å². The highest BCUT2D eigenvalue weighted by molar-refractivity contribution is 6.74. The van der Waals surface area contributed by atoms with E-state index in [9.17, 15) is 4.79 Å². The van der Waals surface area contributed by atoms with Crippen LogP contribution >= 0.6 is 0 Å². The molecule has 1 saturated heterocycles. The maximum Gasteiger partial charge on any atom is 0.250 e. The van der Waals surface area contributed by atoms with Gasteiger partial charge in [-0.2, -0.15) is 0 Å². The fourth-order valence-electron chi connectivity index (χ4n) is 5.02. The summed E-state index contributed by atoms with van der Waals surface area (Å²) in [6.07, 6.45) is 1.65. The number of amides is 1. The van der Waals surface area contributed by atoms with Gasteiger partial charge in [0.2, 0.25) is 14.2 Å². The molecule has 3 aromatic rings. The van der Waals surface area contributed by atoms with E-state index >= 15 is 0 Å². The summed E-state index contributed by atoms with van der Waals surface area (Å²) in [5.41, 5.74) is 4.77. The van der Waals surface area contributed by atoms with Crippen LogP contribution in [-0.4, -0.2) is 25.2 Å². The molecule has 1 fully saturated rings. The van der Waals surface area contributed by atoms with E-state index in [1.807, 2.05) is 18.2 Å². The highest BCUT2D eigenvalue weighted by atomic mass is 28.4. The molecule has 35 heavy (non-hydrogen) atoms. The van der Waals surface area contributed by atoms with Crippen LogP contribution in [0.2, 0.25) is 18.1 Å². The molecule has 0 radical (unpaired) electrons. The fourth-order valence-corrected chi connectivity index (χ4v) is 6.05. The highest BCUT2D eigenvalue weighted by Gasteiger charge is 2.48. The lowest BCUT2D eigenvalue weighted by atomic mass is 9.96. The molecule has 0 bridgehead atoms. The molecule has 0 spiro atoms. The zero-order valence-electron chi connectivity index (χ0n) is 21.5. The lowest BCUT2D eigenvalue weighted by Crippen LogP contribution is -2.43. The monoisotopic (exact) mass is 484 g/mol. The summed E-state index contributed by atoms with van der Waals surface area (Å²) in [4.78, 5) is 18.2. The van der Waals surface area contributed by atoms with Crippen LogP contribution in [0.15, 0.2) is 78.9 Å². The second kappa shape index (κ2) is 8.87. The molecule has 182 valence electrons. The molecule has 5 heteroatoms. The third-order valence-electron chi connectivity index (χ3n) is 7.97. The number of para-hydroxylation sites is 1. The van der Waals surface area contributed by atoms with Crippen molar-refractivity contribution in [3.8, 4) is 5.75 Å². The Hall–Kier alpha value is -3.05. The average molecular weight is 485 g/mol. The molecule has 2 aliphatic heterocycles. The van der Waals surface area contributed by atoms with Crippen LogP contribution < -0.4 is 9.33 Å². The number of fused-ring (bicyclic) bond motifs is 3. The van der Waals surface area contributed by atoms with Crippen molar-refractivity contribution >= 4 is 19.9 Å². The maximum absolute atomic E-state index is 13.8. The number of rotatable bonds is 5. The quantitative estimate of drug-likeness (QED) is 0.368. The molecule has 2 aliphatic rings. The fraction of sp³-hybridized carbons (Fsp3) is 0.367. The topological polar surface area (TPSA) is 32.8 Å². The van der Waals surface area contributed by atoms with E-state index < -0.39 is 8.32 Å². The van der Waals surface area contributed by atoms with Crippen LogP contribution in [0.3, 0.4) is 0 Å². The van der Waals surface area contributed by atoms with Crippen molar-refractivity contribution in [2.75, 3.05) is 4.90 Å². The molecule has 5 rings (SSSR count). The Balaban J connectivity index is 1.52. The van der Waals surface area contributed by atoms with Crippen molar-refractivity contribution in [1.29, 1.82) is 0 Å². The van der Waals surface area contributed by atoms with Gasteiger partial charge in [0.15, 0.2) is 0 Å². The van der Waals surface area contributed by atoms with Gasteiger partial charge in [-0.05, 0) is 65.9 Å². The van der Waals surface area contributed by atoms with Crippen molar-refractivity contribution < 1.29 is 9.22 Å². The summed E-state index contributed by atoms with van der Waals surface area (Å²) in [6, 6.07) is 27.2. The van der Waals surface area contributed by atoms with E-state index in [0.717, 1.165) is 29.7 Å². The number of anilines is 1. The normalized spacial score (nSPS) is 20.0. The van der Waals surface area contributed by atoms with E-state index in [4.69, 9.17) is 4.43 Å². The van der Waals surface area contributed by atoms with Gasteiger partial charge in [0, 0.05) is 12.2 Å². The van der Waals surface area contributed by atoms with Crippen LogP contribution in [-0.2, 0) is 17.8 Å². The van der Waals surface area contributed by atoms with Crippen molar-refractivity contribution in [2.45, 2.75) is 70.5 Å². The number of benzene rings is 3. The van der Waals surface area contributed by atoms with Crippen LogP contribution in [0.1, 0.15) is 50.0 Å². The van der Waals surface area contributed by atoms with E-state index in [1.54, 1.807) is 0 Å². The predicted octanol–water partition coefficient (Wildman–Crippen LogP) is 6.93. The lowest BCUT2D eigenvalue weighted by Gasteiger charge is -2.38. The summed E-state index contributed by atoms with van der Waals surface area (Å²) in [5, 5.41) is 0.140. The molecule has 0 aromatic heterocycles. The number of carbonyl (C=O) groups excluding carboxylic acids is 1. The van der Waals surface area contributed by atoms with Gasteiger partial charge in [0.1, 0.15) is 18.0 Å². The minimum absolute atomic E-state index is 0.123. The third-order valence-corrected chi connectivity index (χ3v) is 12.3. The van der Waals surface area contributed by atoms with Crippen LogP contribution in [0, 0.1) is 0 Å². The van der Waals surface area contributed by atoms with Crippen molar-refractivity contribution in [2.24, 2.45) is 0 Å². The van der Waals surface area contributed by atoms with Crippen molar-refractivity contribution in [3.05, 3.63) is 95.6 Å². The van der Waals surface area contributed by atoms with Gasteiger partial charge in [-0.15, -0.1) is 0 Å². The van der Waals surface area contributed by atoms with E-state index in [0.29, 0.717) is 6.54 Å². The zero-order chi connectivity index (χ0) is 24.8. The number of nitrogens with zero attached hydrogens (tertiary/aromatic N) is 2. The molecular formula is C30H36N2O2Si. The second-order valence-electron chi connectivity index (χ2n) is 11.3. The Bertz CT molecular complexity index is 1200. The molecule has 2 heterocycles. The zero-order valence-corrected chi connectivity index (χ0v) is 22.5. The van der Waals surface area contributed by atoms with Crippen LogP contribution in [0.4, 0.5) is 5.69 Å². The Morgan fingerprint density at radius 1 is 0.914 bits per heavy atom. The molecule has 0 N–H and O–H groups in total. The van der Waals surface area contributed by atoms with E-state index in [1.165, 1.54) is 11.3 Å². The summed E-state index contributed by atoms with van der Waals surface area (Å²) >= 11 is 0. The molecule has 1 amide bonds. The number of aryl methyl sites for hydroxylation is 1. The molecule has 0 saturated carbocycles. The third kappa shape index (κ3) is 4.38. The Morgan fingerprint density at radius 2 is 1.57 bits per heavy atom. The number of hydrogen-bond acceptors (Lipinski definition) is 3. The SMILES string of the molecule is CC(C)(C)[Si](C)(C)Oc1ccc(C2N(Cc3ccccc3)C(=O)C3CCc4ccccc4N32)cc1. The van der Waals surface area contributed by atoms with Gasteiger partial charge in [-0.1, -0.05) is 81.4 Å². The summed E-state index contributed by atoms with van der Waals surface area (Å²) < 4.78 is 6.54. The van der Waals surface area contributed by atoms with Gasteiger partial charge in [0.25, 0.3) is 0 Å². The molecule has 3 aromatic carbocycles. The molecule has 4 nitrogen and oxygen atoms in total. The summed E-state index contributed by atoms with van der Waals surface area (Å²) in [5.74, 6) is 1.13. The maximum atomic E-state index is 13.8. The lowest BCUT2D eigenvalue weighted by molar-refractivity contribution is -0.130. The van der Waals surface area contributed by atoms with E-state index in [-0.39, 0.29) is 23.2 Å². The minimum atomic E-state index is -1.92. The predicted molar refractivity (Wildman–Crippen MR) is 145 cm³/mol.